The number of carbonyl (C=O) groups excluding carboxylic acids is 3. The van der Waals surface area contributed by atoms with Crippen LogP contribution in [0.5, 0.6) is 0 Å². The highest BCUT2D eigenvalue weighted by atomic mass is 79.9. The molecule has 0 unspecified atom stereocenters. The summed E-state index contributed by atoms with van der Waals surface area (Å²) in [4.78, 5) is 36.2. The molecule has 0 radical (unpaired) electrons. The quantitative estimate of drug-likeness (QED) is 0.747. The Kier molecular flexibility index (Phi) is 4.71. The van der Waals surface area contributed by atoms with E-state index < -0.39 is 11.8 Å². The number of rotatable bonds is 3. The average Bonchev–Trinajstić information content (AvgIpc) is 2.93. The fourth-order valence-corrected chi connectivity index (χ4v) is 3.12. The number of hydrogen-bond donors (Lipinski definition) is 2. The minimum absolute atomic E-state index is 0.0526. The number of nitrogens with one attached hydrogen (secondary N) is 2. The van der Waals surface area contributed by atoms with E-state index in [4.69, 9.17) is 0 Å². The van der Waals surface area contributed by atoms with Crippen molar-refractivity contribution in [1.82, 2.24) is 20.3 Å². The van der Waals surface area contributed by atoms with Crippen molar-refractivity contribution in [1.29, 1.82) is 0 Å². The average molecular weight is 361 g/mol. The number of aromatic nitrogens is 1. The van der Waals surface area contributed by atoms with Crippen molar-refractivity contribution in [3.8, 4) is 0 Å². The molecular formula is C11H13BrN4O3S. The molecule has 1 fully saturated rings. The normalized spacial score (nSPS) is 14.5. The summed E-state index contributed by atoms with van der Waals surface area (Å²) in [7, 11) is 1.72. The molecule has 1 aliphatic rings. The molecule has 1 aromatic rings. The summed E-state index contributed by atoms with van der Waals surface area (Å²) < 4.78 is 2.41. The largest absolute Gasteiger partial charge is 0.345 e. The van der Waals surface area contributed by atoms with E-state index in [0.29, 0.717) is 17.3 Å². The lowest BCUT2D eigenvalue weighted by atomic mass is 10.4. The molecule has 7 nitrogen and oxygen atoms in total. The first-order valence-corrected chi connectivity index (χ1v) is 7.68. The van der Waals surface area contributed by atoms with E-state index in [2.05, 4.69) is 26.8 Å². The third-order valence-electron chi connectivity index (χ3n) is 2.68. The molecule has 2 rings (SSSR count). The standard InChI is InChI=1S/C11H13BrN4O3S/c1-15-3-7(12)2-8(15)11(19)14-13-9(17)4-16-6-20-5-10(16)18/h2-3H,4-6H2,1H3,(H,13,17)(H,14,19). The zero-order chi connectivity index (χ0) is 14.7. The van der Waals surface area contributed by atoms with Gasteiger partial charge in [0.1, 0.15) is 12.2 Å². The van der Waals surface area contributed by atoms with Crippen LogP contribution in [0.4, 0.5) is 0 Å². The Labute approximate surface area is 128 Å². The maximum absolute atomic E-state index is 11.8. The van der Waals surface area contributed by atoms with Crippen molar-refractivity contribution >= 4 is 45.4 Å². The molecule has 2 heterocycles. The number of carbonyl (C=O) groups is 3. The molecule has 0 aromatic carbocycles. The second kappa shape index (κ2) is 6.31. The summed E-state index contributed by atoms with van der Waals surface area (Å²) in [6, 6.07) is 1.64. The van der Waals surface area contributed by atoms with Crippen molar-refractivity contribution in [3.05, 3.63) is 22.4 Å². The van der Waals surface area contributed by atoms with E-state index in [9.17, 15) is 14.4 Å². The second-order valence-corrected chi connectivity index (χ2v) is 6.10. The predicted molar refractivity (Wildman–Crippen MR) is 77.8 cm³/mol. The van der Waals surface area contributed by atoms with E-state index in [1.54, 1.807) is 23.9 Å². The number of thioether (sulfide) groups is 1. The Morgan fingerprint density at radius 2 is 2.20 bits per heavy atom. The van der Waals surface area contributed by atoms with Gasteiger partial charge < -0.3 is 9.47 Å². The van der Waals surface area contributed by atoms with E-state index >= 15 is 0 Å². The summed E-state index contributed by atoms with van der Waals surface area (Å²) >= 11 is 4.72. The van der Waals surface area contributed by atoms with Gasteiger partial charge in [0.15, 0.2) is 0 Å². The number of hydrazine groups is 1. The fourth-order valence-electron chi connectivity index (χ4n) is 1.69. The Balaban J connectivity index is 1.82. The number of amides is 3. The lowest BCUT2D eigenvalue weighted by Gasteiger charge is -2.14. The van der Waals surface area contributed by atoms with Crippen molar-refractivity contribution in [2.75, 3.05) is 18.2 Å². The molecule has 3 amide bonds. The first-order chi connectivity index (χ1) is 9.47. The van der Waals surface area contributed by atoms with Gasteiger partial charge in [-0.25, -0.2) is 0 Å². The summed E-state index contributed by atoms with van der Waals surface area (Å²) in [5.74, 6) is -0.0129. The summed E-state index contributed by atoms with van der Waals surface area (Å²) in [6.07, 6.45) is 1.73. The molecule has 0 bridgehead atoms. The summed E-state index contributed by atoms with van der Waals surface area (Å²) in [5, 5.41) is 0. The summed E-state index contributed by atoms with van der Waals surface area (Å²) in [6.45, 7) is -0.0526. The SMILES string of the molecule is Cn1cc(Br)cc1C(=O)NNC(=O)CN1CSCC1=O. The third-order valence-corrected chi connectivity index (χ3v) is 4.06. The molecule has 1 saturated heterocycles. The number of nitrogens with zero attached hydrogens (tertiary/aromatic N) is 2. The highest BCUT2D eigenvalue weighted by Gasteiger charge is 2.23. The van der Waals surface area contributed by atoms with Crippen molar-refractivity contribution in [2.24, 2.45) is 7.05 Å². The Bertz CT molecular complexity index is 560. The first kappa shape index (κ1) is 14.9. The van der Waals surface area contributed by atoms with Crippen LogP contribution in [0, 0.1) is 0 Å². The van der Waals surface area contributed by atoms with Crippen LogP contribution in [0.25, 0.3) is 0 Å². The number of aryl methyl sites for hydroxylation is 1. The molecule has 9 heteroatoms. The minimum Gasteiger partial charge on any atom is -0.345 e. The zero-order valence-corrected chi connectivity index (χ0v) is 13.1. The monoisotopic (exact) mass is 360 g/mol. The van der Waals surface area contributed by atoms with Gasteiger partial charge in [-0.05, 0) is 22.0 Å². The molecule has 0 saturated carbocycles. The van der Waals surface area contributed by atoms with E-state index in [1.807, 2.05) is 0 Å². The third kappa shape index (κ3) is 3.54. The van der Waals surface area contributed by atoms with Crippen LogP contribution in [-0.4, -0.2) is 45.4 Å². The van der Waals surface area contributed by atoms with Gasteiger partial charge in [-0.3, -0.25) is 25.2 Å². The molecule has 108 valence electrons. The van der Waals surface area contributed by atoms with Crippen molar-refractivity contribution in [2.45, 2.75) is 0 Å². The van der Waals surface area contributed by atoms with Gasteiger partial charge >= 0.3 is 0 Å². The van der Waals surface area contributed by atoms with Crippen molar-refractivity contribution < 1.29 is 14.4 Å². The van der Waals surface area contributed by atoms with Crippen molar-refractivity contribution in [3.63, 3.8) is 0 Å². The van der Waals surface area contributed by atoms with Crippen LogP contribution < -0.4 is 10.9 Å². The van der Waals surface area contributed by atoms with Gasteiger partial charge in [0, 0.05) is 17.7 Å². The highest BCUT2D eigenvalue weighted by Crippen LogP contribution is 2.14. The molecule has 0 atom stereocenters. The van der Waals surface area contributed by atoms with E-state index in [-0.39, 0.29) is 12.5 Å². The second-order valence-electron chi connectivity index (χ2n) is 4.23. The van der Waals surface area contributed by atoms with Crippen LogP contribution in [0.2, 0.25) is 0 Å². The molecule has 1 aliphatic heterocycles. The Hall–Kier alpha value is -1.48. The smallest absolute Gasteiger partial charge is 0.286 e. The molecular weight excluding hydrogens is 348 g/mol. The first-order valence-electron chi connectivity index (χ1n) is 5.74. The molecule has 0 aliphatic carbocycles. The summed E-state index contributed by atoms with van der Waals surface area (Å²) in [5.41, 5.74) is 5.02. The molecule has 2 N–H and O–H groups in total. The predicted octanol–water partition coefficient (Wildman–Crippen LogP) is 0.0815. The minimum atomic E-state index is -0.428. The van der Waals surface area contributed by atoms with Crippen LogP contribution in [0.3, 0.4) is 0 Å². The maximum Gasteiger partial charge on any atom is 0.286 e. The van der Waals surface area contributed by atoms with Gasteiger partial charge in [-0.15, -0.1) is 11.8 Å². The molecule has 1 aromatic heterocycles. The van der Waals surface area contributed by atoms with E-state index in [0.717, 1.165) is 4.47 Å². The Morgan fingerprint density at radius 3 is 2.75 bits per heavy atom. The van der Waals surface area contributed by atoms with Crippen LogP contribution in [-0.2, 0) is 16.6 Å². The topological polar surface area (TPSA) is 83.4 Å². The number of halogens is 1. The van der Waals surface area contributed by atoms with Gasteiger partial charge in [-0.1, -0.05) is 0 Å². The van der Waals surface area contributed by atoms with Gasteiger partial charge in [0.2, 0.25) is 5.91 Å². The Morgan fingerprint density at radius 1 is 1.45 bits per heavy atom. The van der Waals surface area contributed by atoms with Crippen LogP contribution in [0.15, 0.2) is 16.7 Å². The van der Waals surface area contributed by atoms with Gasteiger partial charge in [-0.2, -0.15) is 0 Å². The highest BCUT2D eigenvalue weighted by molar-refractivity contribution is 9.10. The lowest BCUT2D eigenvalue weighted by Crippen LogP contribution is -2.47. The van der Waals surface area contributed by atoms with Crippen LogP contribution in [0.1, 0.15) is 10.5 Å². The van der Waals surface area contributed by atoms with Gasteiger partial charge in [0.25, 0.3) is 11.8 Å². The molecule has 20 heavy (non-hydrogen) atoms. The lowest BCUT2D eigenvalue weighted by molar-refractivity contribution is -0.132. The van der Waals surface area contributed by atoms with Gasteiger partial charge in [0.05, 0.1) is 11.6 Å². The fraction of sp³-hybridized carbons (Fsp3) is 0.364. The maximum atomic E-state index is 11.8. The molecule has 0 spiro atoms. The zero-order valence-electron chi connectivity index (χ0n) is 10.7. The van der Waals surface area contributed by atoms with Crippen LogP contribution >= 0.6 is 27.7 Å². The van der Waals surface area contributed by atoms with E-state index in [1.165, 1.54) is 16.7 Å². The number of hydrogen-bond acceptors (Lipinski definition) is 4.